The van der Waals surface area contributed by atoms with Gasteiger partial charge in [-0.25, -0.2) is 0 Å². The number of likely N-dealkylation sites (tertiary alicyclic amines) is 1. The highest BCUT2D eigenvalue weighted by molar-refractivity contribution is 5.82. The Labute approximate surface area is 144 Å². The lowest BCUT2D eigenvalue weighted by atomic mass is 9.80. The first kappa shape index (κ1) is 16.6. The molecule has 1 unspecified atom stereocenters. The smallest absolute Gasteiger partial charge is 0.232 e. The van der Waals surface area contributed by atoms with Crippen LogP contribution in [-0.4, -0.2) is 93.5 Å². The van der Waals surface area contributed by atoms with Gasteiger partial charge in [0.15, 0.2) is 6.61 Å². The molecule has 3 fully saturated rings. The van der Waals surface area contributed by atoms with E-state index in [-0.39, 0.29) is 11.5 Å². The second-order valence-electron chi connectivity index (χ2n) is 7.92. The number of piperidine rings is 1. The van der Waals surface area contributed by atoms with Crippen LogP contribution in [0.2, 0.25) is 0 Å². The predicted octanol–water partition coefficient (Wildman–Crippen LogP) is 0.120. The van der Waals surface area contributed by atoms with E-state index in [1.807, 2.05) is 0 Å². The van der Waals surface area contributed by atoms with Crippen molar-refractivity contribution in [3.8, 4) is 0 Å². The monoisotopic (exact) mass is 338 g/mol. The van der Waals surface area contributed by atoms with Gasteiger partial charge in [-0.15, -0.1) is 0 Å². The first-order valence-corrected chi connectivity index (χ1v) is 9.26. The van der Waals surface area contributed by atoms with Crippen LogP contribution < -0.4 is 5.32 Å². The molecule has 3 atom stereocenters. The number of hydrogen-bond donors (Lipinski definition) is 1. The molecule has 0 aromatic heterocycles. The highest BCUT2D eigenvalue weighted by Gasteiger charge is 2.41. The molecule has 7 heteroatoms. The minimum absolute atomic E-state index is 0.00620. The molecule has 136 valence electrons. The summed E-state index contributed by atoms with van der Waals surface area (Å²) in [6.45, 7) is 9.62. The van der Waals surface area contributed by atoms with Gasteiger partial charge in [-0.05, 0) is 33.0 Å². The summed E-state index contributed by atoms with van der Waals surface area (Å²) < 4.78 is 12.2. The molecule has 0 saturated carbocycles. The van der Waals surface area contributed by atoms with Crippen molar-refractivity contribution in [1.82, 2.24) is 15.1 Å². The van der Waals surface area contributed by atoms with Crippen LogP contribution in [0.1, 0.15) is 19.8 Å². The van der Waals surface area contributed by atoms with E-state index in [2.05, 4.69) is 34.2 Å². The Hall–Kier alpha value is -0.890. The Kier molecular flexibility index (Phi) is 4.68. The van der Waals surface area contributed by atoms with Gasteiger partial charge in [0.05, 0.1) is 12.7 Å². The van der Waals surface area contributed by atoms with Gasteiger partial charge in [-0.2, -0.15) is 0 Å². The van der Waals surface area contributed by atoms with Crippen molar-refractivity contribution in [2.24, 2.45) is 10.6 Å². The number of nitrogens with one attached hydrogen (secondary N) is 1. The summed E-state index contributed by atoms with van der Waals surface area (Å²) in [4.78, 5) is 10.4. The lowest BCUT2D eigenvalue weighted by molar-refractivity contribution is -0.0382. The number of rotatable bonds is 3. The molecule has 24 heavy (non-hydrogen) atoms. The van der Waals surface area contributed by atoms with Gasteiger partial charge >= 0.3 is 0 Å². The molecule has 0 aromatic carbocycles. The van der Waals surface area contributed by atoms with Gasteiger partial charge < -0.3 is 19.6 Å². The summed E-state index contributed by atoms with van der Waals surface area (Å²) in [5, 5.41) is 7.65. The van der Waals surface area contributed by atoms with E-state index in [4.69, 9.17) is 14.3 Å². The zero-order chi connectivity index (χ0) is 16.6. The number of hydrogen-bond acceptors (Lipinski definition) is 7. The standard InChI is InChI=1S/C17H30N4O3/c1-17(3-5-18-6-4-17)16-19-23-12-13(24-16)9-21-10-14-15(11-21)22-8-7-20(14)2/h13-15,18H,3-12H2,1-2H3/t13?,14-,15+/m0/s1. The third-order valence-electron chi connectivity index (χ3n) is 6.03. The minimum Gasteiger partial charge on any atom is -0.470 e. The maximum atomic E-state index is 6.27. The summed E-state index contributed by atoms with van der Waals surface area (Å²) in [6.07, 6.45) is 2.50. The first-order valence-electron chi connectivity index (χ1n) is 9.26. The van der Waals surface area contributed by atoms with Gasteiger partial charge in [0, 0.05) is 37.6 Å². The van der Waals surface area contributed by atoms with Gasteiger partial charge in [-0.1, -0.05) is 12.1 Å². The number of likely N-dealkylation sites (N-methyl/N-ethyl adjacent to an activating group) is 1. The Bertz CT molecular complexity index is 480. The van der Waals surface area contributed by atoms with E-state index < -0.39 is 0 Å². The maximum Gasteiger partial charge on any atom is 0.232 e. The number of morpholine rings is 1. The zero-order valence-electron chi connectivity index (χ0n) is 14.9. The van der Waals surface area contributed by atoms with Gasteiger partial charge in [0.1, 0.15) is 6.10 Å². The largest absolute Gasteiger partial charge is 0.470 e. The highest BCUT2D eigenvalue weighted by Crippen LogP contribution is 2.32. The van der Waals surface area contributed by atoms with Crippen molar-refractivity contribution in [3.63, 3.8) is 0 Å². The fraction of sp³-hybridized carbons (Fsp3) is 0.941. The van der Waals surface area contributed by atoms with Crippen LogP contribution in [0, 0.1) is 5.41 Å². The van der Waals surface area contributed by atoms with Crippen molar-refractivity contribution in [3.05, 3.63) is 0 Å². The van der Waals surface area contributed by atoms with E-state index in [0.29, 0.717) is 18.8 Å². The molecule has 4 aliphatic heterocycles. The zero-order valence-corrected chi connectivity index (χ0v) is 14.9. The Balaban J connectivity index is 1.34. The SMILES string of the molecule is CN1CCO[C@@H]2CN(CC3CON=C(C4(C)CCNCC4)O3)C[C@@H]21. The molecule has 0 amide bonds. The lowest BCUT2D eigenvalue weighted by Gasteiger charge is -2.37. The van der Waals surface area contributed by atoms with E-state index in [9.17, 15) is 0 Å². The fourth-order valence-electron chi connectivity index (χ4n) is 4.30. The summed E-state index contributed by atoms with van der Waals surface area (Å²) in [7, 11) is 2.20. The molecule has 0 aromatic rings. The van der Waals surface area contributed by atoms with E-state index in [1.165, 1.54) is 0 Å². The van der Waals surface area contributed by atoms with Gasteiger partial charge in [-0.3, -0.25) is 9.80 Å². The van der Waals surface area contributed by atoms with E-state index in [0.717, 1.165) is 64.6 Å². The summed E-state index contributed by atoms with van der Waals surface area (Å²) in [6, 6.07) is 0.512. The fourth-order valence-corrected chi connectivity index (χ4v) is 4.30. The third kappa shape index (κ3) is 3.27. The van der Waals surface area contributed by atoms with Crippen LogP contribution in [0.3, 0.4) is 0 Å². The Morgan fingerprint density at radius 2 is 2.12 bits per heavy atom. The van der Waals surface area contributed by atoms with Gasteiger partial charge in [0.2, 0.25) is 5.90 Å². The molecule has 1 N–H and O–H groups in total. The summed E-state index contributed by atoms with van der Waals surface area (Å²) >= 11 is 0. The number of nitrogens with zero attached hydrogens (tertiary/aromatic N) is 3. The Morgan fingerprint density at radius 3 is 2.92 bits per heavy atom. The normalized spacial score (nSPS) is 37.2. The third-order valence-corrected chi connectivity index (χ3v) is 6.03. The second-order valence-corrected chi connectivity index (χ2v) is 7.92. The lowest BCUT2D eigenvalue weighted by Crippen LogP contribution is -2.48. The van der Waals surface area contributed by atoms with Gasteiger partial charge in [0.25, 0.3) is 0 Å². The van der Waals surface area contributed by atoms with Crippen molar-refractivity contribution in [2.75, 3.05) is 59.5 Å². The summed E-state index contributed by atoms with van der Waals surface area (Å²) in [5.41, 5.74) is 0.00620. The van der Waals surface area contributed by atoms with E-state index >= 15 is 0 Å². The van der Waals surface area contributed by atoms with Crippen molar-refractivity contribution in [1.29, 1.82) is 0 Å². The van der Waals surface area contributed by atoms with Crippen LogP contribution in [-0.2, 0) is 14.3 Å². The van der Waals surface area contributed by atoms with Crippen molar-refractivity contribution < 1.29 is 14.3 Å². The van der Waals surface area contributed by atoms with Crippen LogP contribution in [0.5, 0.6) is 0 Å². The summed E-state index contributed by atoms with van der Waals surface area (Å²) in [5.74, 6) is 0.797. The molecular formula is C17H30N4O3. The molecule has 4 rings (SSSR count). The molecule has 7 nitrogen and oxygen atoms in total. The average molecular weight is 338 g/mol. The number of fused-ring (bicyclic) bond motifs is 1. The second kappa shape index (κ2) is 6.78. The molecule has 4 heterocycles. The molecule has 0 radical (unpaired) electrons. The topological polar surface area (TPSA) is 58.6 Å². The first-order chi connectivity index (χ1) is 11.6. The van der Waals surface area contributed by atoms with Crippen LogP contribution in [0.15, 0.2) is 5.16 Å². The quantitative estimate of drug-likeness (QED) is 0.789. The highest BCUT2D eigenvalue weighted by atomic mass is 16.7. The Morgan fingerprint density at radius 1 is 1.29 bits per heavy atom. The molecule has 0 spiro atoms. The van der Waals surface area contributed by atoms with Crippen LogP contribution >= 0.6 is 0 Å². The predicted molar refractivity (Wildman–Crippen MR) is 91.1 cm³/mol. The minimum atomic E-state index is 0.00620. The number of oxime groups is 1. The van der Waals surface area contributed by atoms with Crippen LogP contribution in [0.25, 0.3) is 0 Å². The molecule has 3 saturated heterocycles. The average Bonchev–Trinajstić information content (AvgIpc) is 3.00. The number of ether oxygens (including phenoxy) is 2. The van der Waals surface area contributed by atoms with Crippen molar-refractivity contribution >= 4 is 5.90 Å². The van der Waals surface area contributed by atoms with Crippen LogP contribution in [0.4, 0.5) is 0 Å². The van der Waals surface area contributed by atoms with Crippen molar-refractivity contribution in [2.45, 2.75) is 38.0 Å². The van der Waals surface area contributed by atoms with E-state index in [1.54, 1.807) is 0 Å². The maximum absolute atomic E-state index is 6.27. The molecule has 0 bridgehead atoms. The molecular weight excluding hydrogens is 308 g/mol. The molecule has 4 aliphatic rings. The molecule has 0 aliphatic carbocycles.